The van der Waals surface area contributed by atoms with E-state index in [0.717, 1.165) is 10.4 Å². The minimum absolute atomic E-state index is 0.397. The first-order valence-corrected chi connectivity index (χ1v) is 8.44. The molecule has 0 saturated carbocycles. The Balaban J connectivity index is 2.29. The zero-order valence-electron chi connectivity index (χ0n) is 12.8. The molecule has 1 unspecified atom stereocenters. The van der Waals surface area contributed by atoms with Crippen LogP contribution in [0.1, 0.15) is 32.4 Å². The lowest BCUT2D eigenvalue weighted by Gasteiger charge is -2.16. The summed E-state index contributed by atoms with van der Waals surface area (Å²) < 4.78 is 5.75. The second-order valence-corrected chi connectivity index (χ2v) is 6.91. The topological polar surface area (TPSA) is 75.6 Å². The van der Waals surface area contributed by atoms with Gasteiger partial charge in [-0.3, -0.25) is 4.79 Å². The summed E-state index contributed by atoms with van der Waals surface area (Å²) in [5.74, 6) is -0.931. The Morgan fingerprint density at radius 1 is 1.35 bits per heavy atom. The van der Waals surface area contributed by atoms with Crippen molar-refractivity contribution >= 4 is 39.1 Å². The number of nitrogens with one attached hydrogen (secondary N) is 1. The maximum Gasteiger partial charge on any atom is 0.330 e. The average Bonchev–Trinajstić information content (AvgIpc) is 2.84. The number of hydrogen-bond acceptors (Lipinski definition) is 4. The van der Waals surface area contributed by atoms with Gasteiger partial charge in [-0.2, -0.15) is 0 Å². The van der Waals surface area contributed by atoms with Gasteiger partial charge in [-0.15, -0.1) is 11.3 Å². The van der Waals surface area contributed by atoms with E-state index in [1.54, 1.807) is 23.6 Å². The fraction of sp³-hybridized carbons (Fsp3) is 0.250. The minimum Gasteiger partial charge on any atom is -0.496 e. The predicted octanol–water partition coefficient (Wildman–Crippen LogP) is 3.69. The highest BCUT2D eigenvalue weighted by Crippen LogP contribution is 2.29. The first-order chi connectivity index (χ1) is 10.8. The van der Waals surface area contributed by atoms with Gasteiger partial charge in [-0.25, -0.2) is 4.79 Å². The number of thiophene rings is 1. The molecule has 23 heavy (non-hydrogen) atoms. The van der Waals surface area contributed by atoms with Crippen LogP contribution < -0.4 is 10.1 Å². The number of rotatable bonds is 5. The van der Waals surface area contributed by atoms with Crippen molar-refractivity contribution in [3.8, 4) is 5.75 Å². The Morgan fingerprint density at radius 2 is 2.04 bits per heavy atom. The van der Waals surface area contributed by atoms with Crippen LogP contribution in [0.25, 0.3) is 0 Å². The van der Waals surface area contributed by atoms with Crippen molar-refractivity contribution in [2.24, 2.45) is 0 Å². The molecule has 0 aliphatic carbocycles. The van der Waals surface area contributed by atoms with Crippen molar-refractivity contribution in [2.45, 2.75) is 19.9 Å². The van der Waals surface area contributed by atoms with Gasteiger partial charge in [0.2, 0.25) is 0 Å². The molecular formula is C16H16BrNO4S. The van der Waals surface area contributed by atoms with E-state index < -0.39 is 17.9 Å². The summed E-state index contributed by atoms with van der Waals surface area (Å²) in [6.07, 6.45) is 0. The van der Waals surface area contributed by atoms with Crippen LogP contribution in [0.5, 0.6) is 5.75 Å². The van der Waals surface area contributed by atoms with Gasteiger partial charge >= 0.3 is 5.97 Å². The van der Waals surface area contributed by atoms with Gasteiger partial charge < -0.3 is 15.2 Å². The predicted molar refractivity (Wildman–Crippen MR) is 92.3 cm³/mol. The summed E-state index contributed by atoms with van der Waals surface area (Å²) in [5.41, 5.74) is 1.84. The molecule has 2 rings (SSSR count). The Labute approximate surface area is 146 Å². The molecule has 0 saturated heterocycles. The number of amides is 1. The van der Waals surface area contributed by atoms with Crippen molar-refractivity contribution in [2.75, 3.05) is 7.11 Å². The van der Waals surface area contributed by atoms with E-state index in [9.17, 15) is 14.7 Å². The van der Waals surface area contributed by atoms with E-state index in [1.807, 2.05) is 13.8 Å². The largest absolute Gasteiger partial charge is 0.496 e. The second kappa shape index (κ2) is 7.14. The molecule has 5 nitrogen and oxygen atoms in total. The van der Waals surface area contributed by atoms with Crippen molar-refractivity contribution < 1.29 is 19.4 Å². The summed E-state index contributed by atoms with van der Waals surface area (Å²) in [7, 11) is 1.53. The molecule has 2 N–H and O–H groups in total. The molecule has 0 bridgehead atoms. The van der Waals surface area contributed by atoms with E-state index in [0.29, 0.717) is 21.3 Å². The van der Waals surface area contributed by atoms with Crippen LogP contribution in [0.3, 0.4) is 0 Å². The zero-order valence-corrected chi connectivity index (χ0v) is 15.2. The second-order valence-electron chi connectivity index (χ2n) is 4.97. The summed E-state index contributed by atoms with van der Waals surface area (Å²) in [6.45, 7) is 3.77. The number of carboxylic acid groups (broad SMARTS) is 1. The maximum absolute atomic E-state index is 12.4. The molecular weight excluding hydrogens is 382 g/mol. The first-order valence-electron chi connectivity index (χ1n) is 6.77. The molecule has 0 radical (unpaired) electrons. The number of benzene rings is 1. The normalized spacial score (nSPS) is 11.8. The monoisotopic (exact) mass is 397 g/mol. The fourth-order valence-electron chi connectivity index (χ4n) is 2.10. The van der Waals surface area contributed by atoms with Crippen LogP contribution in [-0.4, -0.2) is 24.1 Å². The number of methoxy groups -OCH3 is 1. The smallest absolute Gasteiger partial charge is 0.330 e. The highest BCUT2D eigenvalue weighted by atomic mass is 79.9. The molecule has 7 heteroatoms. The summed E-state index contributed by atoms with van der Waals surface area (Å²) in [5, 5.41) is 13.8. The van der Waals surface area contributed by atoms with Crippen LogP contribution in [0.15, 0.2) is 28.1 Å². The number of carbonyl (C=O) groups is 2. The number of carbonyl (C=O) groups excluding carboxylic acids is 1. The number of aliphatic carboxylic acids is 1. The van der Waals surface area contributed by atoms with Crippen LogP contribution in [0.4, 0.5) is 0 Å². The van der Waals surface area contributed by atoms with Crippen molar-refractivity contribution in [3.63, 3.8) is 0 Å². The zero-order chi connectivity index (χ0) is 17.1. The molecule has 1 atom stereocenters. The highest BCUT2D eigenvalue weighted by Gasteiger charge is 2.24. The number of ether oxygens (including phenoxy) is 1. The number of aryl methyl sites for hydroxylation is 1. The van der Waals surface area contributed by atoms with Gasteiger partial charge in [0.15, 0.2) is 6.04 Å². The molecule has 1 heterocycles. The molecule has 0 aliphatic rings. The quantitative estimate of drug-likeness (QED) is 0.806. The lowest BCUT2D eigenvalue weighted by Crippen LogP contribution is -2.33. The summed E-state index contributed by atoms with van der Waals surface area (Å²) in [6, 6.07) is 3.77. The Morgan fingerprint density at radius 3 is 2.52 bits per heavy atom. The third kappa shape index (κ3) is 3.73. The maximum atomic E-state index is 12.4. The molecule has 0 fully saturated rings. The summed E-state index contributed by atoms with van der Waals surface area (Å²) in [4.78, 5) is 25.0. The number of hydrogen-bond donors (Lipinski definition) is 2. The standard InChI is InChI=1S/C16H16BrNO4S/c1-8-9(2)23-7-11(8)15(19)18-14(16(20)21)10-4-5-13(22-3)12(17)6-10/h4-7,14H,1-3H3,(H,18,19)(H,20,21). The minimum atomic E-state index is -1.13. The van der Waals surface area contributed by atoms with E-state index in [1.165, 1.54) is 18.4 Å². The highest BCUT2D eigenvalue weighted by molar-refractivity contribution is 9.10. The van der Waals surface area contributed by atoms with Crippen molar-refractivity contribution in [1.29, 1.82) is 0 Å². The van der Waals surface area contributed by atoms with E-state index in [4.69, 9.17) is 4.74 Å². The molecule has 1 aromatic heterocycles. The van der Waals surface area contributed by atoms with Crippen LogP contribution in [-0.2, 0) is 4.79 Å². The van der Waals surface area contributed by atoms with Gasteiger partial charge in [0, 0.05) is 10.3 Å². The van der Waals surface area contributed by atoms with Gasteiger partial charge in [-0.05, 0) is 53.0 Å². The molecule has 1 amide bonds. The fourth-order valence-corrected chi connectivity index (χ4v) is 3.52. The van der Waals surface area contributed by atoms with E-state index in [-0.39, 0.29) is 0 Å². The van der Waals surface area contributed by atoms with Crippen LogP contribution in [0, 0.1) is 13.8 Å². The Hall–Kier alpha value is -1.86. The number of halogens is 1. The van der Waals surface area contributed by atoms with Gasteiger partial charge in [-0.1, -0.05) is 6.07 Å². The lowest BCUT2D eigenvalue weighted by molar-refractivity contribution is -0.139. The van der Waals surface area contributed by atoms with Crippen molar-refractivity contribution in [3.05, 3.63) is 49.6 Å². The first kappa shape index (κ1) is 17.5. The molecule has 1 aromatic carbocycles. The van der Waals surface area contributed by atoms with Crippen LogP contribution in [0.2, 0.25) is 0 Å². The third-order valence-corrected chi connectivity index (χ3v) is 5.19. The SMILES string of the molecule is COc1ccc(C(NC(=O)c2csc(C)c2C)C(=O)O)cc1Br. The Kier molecular flexibility index (Phi) is 5.43. The van der Waals surface area contributed by atoms with Crippen molar-refractivity contribution in [1.82, 2.24) is 5.32 Å². The van der Waals surface area contributed by atoms with E-state index >= 15 is 0 Å². The molecule has 2 aromatic rings. The van der Waals surface area contributed by atoms with Gasteiger partial charge in [0.05, 0.1) is 17.1 Å². The molecule has 0 spiro atoms. The Bertz CT molecular complexity index is 757. The van der Waals surface area contributed by atoms with Gasteiger partial charge in [0.25, 0.3) is 5.91 Å². The van der Waals surface area contributed by atoms with Crippen LogP contribution >= 0.6 is 27.3 Å². The molecule has 122 valence electrons. The van der Waals surface area contributed by atoms with Gasteiger partial charge in [0.1, 0.15) is 5.75 Å². The lowest BCUT2D eigenvalue weighted by atomic mass is 10.1. The average molecular weight is 398 g/mol. The summed E-state index contributed by atoms with van der Waals surface area (Å²) >= 11 is 4.79. The molecule has 0 aliphatic heterocycles. The van der Waals surface area contributed by atoms with E-state index in [2.05, 4.69) is 21.2 Å². The third-order valence-electron chi connectivity index (χ3n) is 3.56. The number of carboxylic acids is 1.